The number of aromatic nitrogens is 1. The van der Waals surface area contributed by atoms with Crippen LogP contribution in [0.15, 0.2) is 29.6 Å². The molecule has 1 aromatic carbocycles. The number of rotatable bonds is 6. The number of thiazole rings is 1. The summed E-state index contributed by atoms with van der Waals surface area (Å²) in [6.45, 7) is 4.89. The summed E-state index contributed by atoms with van der Waals surface area (Å²) >= 11 is 1.59. The van der Waals surface area contributed by atoms with Crippen molar-refractivity contribution < 1.29 is 9.90 Å². The summed E-state index contributed by atoms with van der Waals surface area (Å²) in [5.41, 5.74) is 2.71. The van der Waals surface area contributed by atoms with Gasteiger partial charge in [0.05, 0.1) is 6.61 Å². The first-order valence-electron chi connectivity index (χ1n) is 7.33. The van der Waals surface area contributed by atoms with Crippen LogP contribution in [0.1, 0.15) is 19.0 Å². The Morgan fingerprint density at radius 2 is 2.23 bits per heavy atom. The molecular weight excluding hydrogens is 298 g/mol. The van der Waals surface area contributed by atoms with Gasteiger partial charge in [0.1, 0.15) is 5.01 Å². The van der Waals surface area contributed by atoms with Gasteiger partial charge in [-0.2, -0.15) is 0 Å². The first kappa shape index (κ1) is 16.5. The Morgan fingerprint density at radius 3 is 2.86 bits per heavy atom. The minimum atomic E-state index is -0.191. The van der Waals surface area contributed by atoms with Crippen LogP contribution in [0.4, 0.5) is 10.5 Å². The van der Waals surface area contributed by atoms with Gasteiger partial charge in [-0.05, 0) is 25.5 Å². The monoisotopic (exact) mass is 319 g/mol. The standard InChI is InChI=1S/C16H21N3O2S/c1-3-7-19(8-9-20)16(21)18-14-6-4-5-13(10-14)15-17-12(2)11-22-15/h4-6,10-11,20H,3,7-9H2,1-2H3,(H,18,21). The summed E-state index contributed by atoms with van der Waals surface area (Å²) in [4.78, 5) is 18.3. The largest absolute Gasteiger partial charge is 0.395 e. The fourth-order valence-electron chi connectivity index (χ4n) is 2.12. The van der Waals surface area contributed by atoms with Gasteiger partial charge in [0.15, 0.2) is 0 Å². The quantitative estimate of drug-likeness (QED) is 0.858. The predicted octanol–water partition coefficient (Wildman–Crippen LogP) is 3.35. The highest BCUT2D eigenvalue weighted by Crippen LogP contribution is 2.25. The molecule has 0 aliphatic heterocycles. The number of hydrogen-bond donors (Lipinski definition) is 2. The van der Waals surface area contributed by atoms with Crippen LogP contribution >= 0.6 is 11.3 Å². The molecule has 0 atom stereocenters. The van der Waals surface area contributed by atoms with Crippen LogP contribution in [-0.2, 0) is 0 Å². The van der Waals surface area contributed by atoms with E-state index in [-0.39, 0.29) is 12.6 Å². The Bertz CT molecular complexity index is 621. The molecule has 0 radical (unpaired) electrons. The number of nitrogens with zero attached hydrogens (tertiary/aromatic N) is 2. The van der Waals surface area contributed by atoms with Crippen LogP contribution < -0.4 is 5.32 Å². The number of aliphatic hydroxyl groups excluding tert-OH is 1. The van der Waals surface area contributed by atoms with E-state index < -0.39 is 0 Å². The zero-order chi connectivity index (χ0) is 15.9. The molecule has 0 saturated carbocycles. The van der Waals surface area contributed by atoms with E-state index in [4.69, 9.17) is 5.11 Å². The smallest absolute Gasteiger partial charge is 0.321 e. The summed E-state index contributed by atoms with van der Waals surface area (Å²) < 4.78 is 0. The molecule has 22 heavy (non-hydrogen) atoms. The first-order chi connectivity index (χ1) is 10.6. The van der Waals surface area contributed by atoms with Crippen molar-refractivity contribution in [3.05, 3.63) is 35.3 Å². The summed E-state index contributed by atoms with van der Waals surface area (Å²) in [6, 6.07) is 7.46. The van der Waals surface area contributed by atoms with Crippen molar-refractivity contribution >= 4 is 23.1 Å². The number of aliphatic hydroxyl groups is 1. The normalized spacial score (nSPS) is 10.5. The zero-order valence-corrected chi connectivity index (χ0v) is 13.7. The Morgan fingerprint density at radius 1 is 1.41 bits per heavy atom. The number of carbonyl (C=O) groups excluding carboxylic acids is 1. The maximum Gasteiger partial charge on any atom is 0.321 e. The number of anilines is 1. The van der Waals surface area contributed by atoms with Gasteiger partial charge in [-0.25, -0.2) is 9.78 Å². The molecule has 2 aromatic rings. The molecule has 6 heteroatoms. The summed E-state index contributed by atoms with van der Waals surface area (Å²) in [5, 5.41) is 14.9. The lowest BCUT2D eigenvalue weighted by Crippen LogP contribution is -2.37. The van der Waals surface area contributed by atoms with Crippen molar-refractivity contribution in [1.29, 1.82) is 0 Å². The molecule has 1 heterocycles. The van der Waals surface area contributed by atoms with Crippen molar-refractivity contribution in [3.63, 3.8) is 0 Å². The molecule has 0 bridgehead atoms. The van der Waals surface area contributed by atoms with Gasteiger partial charge in [-0.15, -0.1) is 11.3 Å². The summed E-state index contributed by atoms with van der Waals surface area (Å²) in [6.07, 6.45) is 0.853. The third-order valence-corrected chi connectivity index (χ3v) is 4.14. The lowest BCUT2D eigenvalue weighted by Gasteiger charge is -2.21. The second-order valence-corrected chi connectivity index (χ2v) is 5.87. The van der Waals surface area contributed by atoms with Crippen molar-refractivity contribution in [3.8, 4) is 10.6 Å². The average molecular weight is 319 g/mol. The molecule has 0 unspecified atom stereocenters. The SMILES string of the molecule is CCCN(CCO)C(=O)Nc1cccc(-c2nc(C)cs2)c1. The van der Waals surface area contributed by atoms with Gasteiger partial charge in [0, 0.05) is 35.4 Å². The van der Waals surface area contributed by atoms with E-state index in [2.05, 4.69) is 10.3 Å². The van der Waals surface area contributed by atoms with Crippen LogP contribution in [0.3, 0.4) is 0 Å². The molecular formula is C16H21N3O2S. The van der Waals surface area contributed by atoms with Crippen LogP contribution in [0.25, 0.3) is 10.6 Å². The van der Waals surface area contributed by atoms with E-state index in [1.54, 1.807) is 16.2 Å². The molecule has 0 spiro atoms. The van der Waals surface area contributed by atoms with Crippen LogP contribution in [0.2, 0.25) is 0 Å². The molecule has 2 N–H and O–H groups in total. The van der Waals surface area contributed by atoms with Gasteiger partial charge in [0.25, 0.3) is 0 Å². The van der Waals surface area contributed by atoms with Crippen molar-refractivity contribution in [2.45, 2.75) is 20.3 Å². The Balaban J connectivity index is 2.11. The number of urea groups is 1. The van der Waals surface area contributed by atoms with E-state index in [0.717, 1.165) is 28.4 Å². The van der Waals surface area contributed by atoms with Crippen LogP contribution in [-0.4, -0.2) is 40.7 Å². The number of amides is 2. The molecule has 2 amide bonds. The summed E-state index contributed by atoms with van der Waals surface area (Å²) in [5.74, 6) is 0. The Hall–Kier alpha value is -1.92. The number of nitrogens with one attached hydrogen (secondary N) is 1. The number of hydrogen-bond acceptors (Lipinski definition) is 4. The fraction of sp³-hybridized carbons (Fsp3) is 0.375. The van der Waals surface area contributed by atoms with E-state index in [0.29, 0.717) is 13.1 Å². The topological polar surface area (TPSA) is 65.5 Å². The van der Waals surface area contributed by atoms with E-state index in [1.165, 1.54) is 0 Å². The van der Waals surface area contributed by atoms with E-state index >= 15 is 0 Å². The first-order valence-corrected chi connectivity index (χ1v) is 8.21. The van der Waals surface area contributed by atoms with E-state index in [9.17, 15) is 4.79 Å². The van der Waals surface area contributed by atoms with Gasteiger partial charge in [-0.3, -0.25) is 0 Å². The van der Waals surface area contributed by atoms with Crippen LogP contribution in [0.5, 0.6) is 0 Å². The average Bonchev–Trinajstić information content (AvgIpc) is 2.94. The van der Waals surface area contributed by atoms with Crippen molar-refractivity contribution in [1.82, 2.24) is 9.88 Å². The lowest BCUT2D eigenvalue weighted by atomic mass is 10.2. The fourth-order valence-corrected chi connectivity index (χ4v) is 2.92. The van der Waals surface area contributed by atoms with Crippen molar-refractivity contribution in [2.24, 2.45) is 0 Å². The van der Waals surface area contributed by atoms with Crippen LogP contribution in [0, 0.1) is 6.92 Å². The second kappa shape index (κ2) is 7.91. The minimum absolute atomic E-state index is 0.0359. The highest BCUT2D eigenvalue weighted by atomic mass is 32.1. The Labute approximate surface area is 134 Å². The van der Waals surface area contributed by atoms with E-state index in [1.807, 2.05) is 43.5 Å². The summed E-state index contributed by atoms with van der Waals surface area (Å²) in [7, 11) is 0. The molecule has 0 saturated heterocycles. The molecule has 2 rings (SSSR count). The molecule has 118 valence electrons. The molecule has 5 nitrogen and oxygen atoms in total. The maximum absolute atomic E-state index is 12.2. The zero-order valence-electron chi connectivity index (χ0n) is 12.9. The highest BCUT2D eigenvalue weighted by molar-refractivity contribution is 7.13. The molecule has 0 aliphatic rings. The maximum atomic E-state index is 12.2. The molecule has 1 aromatic heterocycles. The van der Waals surface area contributed by atoms with Gasteiger partial charge in [-0.1, -0.05) is 19.1 Å². The number of aryl methyl sites for hydroxylation is 1. The number of carbonyl (C=O) groups is 1. The highest BCUT2D eigenvalue weighted by Gasteiger charge is 2.12. The molecule has 0 aliphatic carbocycles. The second-order valence-electron chi connectivity index (χ2n) is 5.02. The van der Waals surface area contributed by atoms with Gasteiger partial charge < -0.3 is 15.3 Å². The number of benzene rings is 1. The molecule has 0 fully saturated rings. The third kappa shape index (κ3) is 4.29. The van der Waals surface area contributed by atoms with Crippen molar-refractivity contribution in [2.75, 3.05) is 25.0 Å². The van der Waals surface area contributed by atoms with Gasteiger partial charge in [0.2, 0.25) is 0 Å². The Kier molecular flexibility index (Phi) is 5.91. The lowest BCUT2D eigenvalue weighted by molar-refractivity contribution is 0.188. The predicted molar refractivity (Wildman–Crippen MR) is 90.3 cm³/mol. The third-order valence-electron chi connectivity index (χ3n) is 3.13. The van der Waals surface area contributed by atoms with Gasteiger partial charge >= 0.3 is 6.03 Å². The minimum Gasteiger partial charge on any atom is -0.395 e.